The van der Waals surface area contributed by atoms with Crippen LogP contribution in [0.25, 0.3) is 0 Å². The summed E-state index contributed by atoms with van der Waals surface area (Å²) in [5, 5.41) is 0. The third-order valence-electron chi connectivity index (χ3n) is 5.06. The van der Waals surface area contributed by atoms with Gasteiger partial charge in [-0.25, -0.2) is 8.78 Å². The molecule has 1 amide bonds. The lowest BCUT2D eigenvalue weighted by Gasteiger charge is -2.39. The monoisotopic (exact) mass is 337 g/mol. The highest BCUT2D eigenvalue weighted by molar-refractivity contribution is 5.97. The molecule has 0 unspecified atom stereocenters. The molecule has 1 fully saturated rings. The van der Waals surface area contributed by atoms with E-state index in [1.807, 2.05) is 13.8 Å². The number of unbranched alkanes of at least 4 members (excludes halogenated alkanes) is 1. The van der Waals surface area contributed by atoms with Crippen molar-refractivity contribution in [2.45, 2.75) is 78.2 Å². The SMILES string of the molecule is CCCCC(C)(C)C(=O)N(c1ccc(F)cc1F)C1CCCCC1. The maximum atomic E-state index is 14.4. The molecule has 1 aliphatic rings. The van der Waals surface area contributed by atoms with Gasteiger partial charge in [0.2, 0.25) is 5.91 Å². The molecular weight excluding hydrogens is 308 g/mol. The molecule has 2 rings (SSSR count). The predicted octanol–water partition coefficient (Wildman–Crippen LogP) is 5.85. The second-order valence-electron chi connectivity index (χ2n) is 7.55. The molecule has 1 aromatic rings. The smallest absolute Gasteiger partial charge is 0.232 e. The Kier molecular flexibility index (Phi) is 6.36. The Morgan fingerprint density at radius 1 is 1.21 bits per heavy atom. The van der Waals surface area contributed by atoms with Crippen LogP contribution in [0.2, 0.25) is 0 Å². The Bertz CT molecular complexity index is 565. The molecule has 0 spiro atoms. The van der Waals surface area contributed by atoms with Crippen LogP contribution in [-0.2, 0) is 4.79 Å². The zero-order valence-corrected chi connectivity index (χ0v) is 15.1. The van der Waals surface area contributed by atoms with Crippen LogP contribution in [0.1, 0.15) is 72.1 Å². The van der Waals surface area contributed by atoms with Crippen LogP contribution in [0.15, 0.2) is 18.2 Å². The van der Waals surface area contributed by atoms with Gasteiger partial charge < -0.3 is 4.90 Å². The van der Waals surface area contributed by atoms with E-state index in [2.05, 4.69) is 6.92 Å². The lowest BCUT2D eigenvalue weighted by Crippen LogP contribution is -2.48. The number of amides is 1. The average molecular weight is 337 g/mol. The van der Waals surface area contributed by atoms with Gasteiger partial charge >= 0.3 is 0 Å². The number of carbonyl (C=O) groups excluding carboxylic acids is 1. The van der Waals surface area contributed by atoms with Crippen LogP contribution >= 0.6 is 0 Å². The first-order valence-corrected chi connectivity index (χ1v) is 9.15. The third-order valence-corrected chi connectivity index (χ3v) is 5.06. The van der Waals surface area contributed by atoms with E-state index in [0.29, 0.717) is 0 Å². The van der Waals surface area contributed by atoms with Crippen molar-refractivity contribution < 1.29 is 13.6 Å². The van der Waals surface area contributed by atoms with Gasteiger partial charge in [-0.05, 0) is 31.4 Å². The van der Waals surface area contributed by atoms with E-state index in [9.17, 15) is 13.6 Å². The fraction of sp³-hybridized carbons (Fsp3) is 0.650. The van der Waals surface area contributed by atoms with E-state index in [1.54, 1.807) is 4.90 Å². The van der Waals surface area contributed by atoms with E-state index in [0.717, 1.165) is 57.4 Å². The van der Waals surface area contributed by atoms with Crippen LogP contribution in [0, 0.1) is 17.0 Å². The lowest BCUT2D eigenvalue weighted by atomic mass is 9.83. The third kappa shape index (κ3) is 4.34. The van der Waals surface area contributed by atoms with Gasteiger partial charge in [-0.15, -0.1) is 0 Å². The second-order valence-corrected chi connectivity index (χ2v) is 7.55. The van der Waals surface area contributed by atoms with Crippen molar-refractivity contribution in [3.63, 3.8) is 0 Å². The number of hydrogen-bond donors (Lipinski definition) is 0. The van der Waals surface area contributed by atoms with Gasteiger partial charge in [0.05, 0.1) is 5.69 Å². The highest BCUT2D eigenvalue weighted by Gasteiger charge is 2.37. The number of nitrogens with zero attached hydrogens (tertiary/aromatic N) is 1. The molecule has 134 valence electrons. The molecule has 2 nitrogen and oxygen atoms in total. The first kappa shape index (κ1) is 18.9. The van der Waals surface area contributed by atoms with Gasteiger partial charge in [0.25, 0.3) is 0 Å². The van der Waals surface area contributed by atoms with Crippen LogP contribution in [0.4, 0.5) is 14.5 Å². The Balaban J connectivity index is 2.36. The van der Waals surface area contributed by atoms with Crippen molar-refractivity contribution >= 4 is 11.6 Å². The van der Waals surface area contributed by atoms with Crippen molar-refractivity contribution in [2.24, 2.45) is 5.41 Å². The summed E-state index contributed by atoms with van der Waals surface area (Å²) in [6.45, 7) is 5.96. The van der Waals surface area contributed by atoms with Gasteiger partial charge in [-0.3, -0.25) is 4.79 Å². The number of halogens is 2. The first-order chi connectivity index (χ1) is 11.4. The van der Waals surface area contributed by atoms with Gasteiger partial charge in [0, 0.05) is 17.5 Å². The number of hydrogen-bond acceptors (Lipinski definition) is 1. The second kappa shape index (κ2) is 8.09. The van der Waals surface area contributed by atoms with Gasteiger partial charge in [0.1, 0.15) is 11.6 Å². The quantitative estimate of drug-likeness (QED) is 0.638. The Morgan fingerprint density at radius 3 is 2.46 bits per heavy atom. The fourth-order valence-electron chi connectivity index (χ4n) is 3.54. The Hall–Kier alpha value is -1.45. The predicted molar refractivity (Wildman–Crippen MR) is 94.0 cm³/mol. The summed E-state index contributed by atoms with van der Waals surface area (Å²) in [6, 6.07) is 3.53. The summed E-state index contributed by atoms with van der Waals surface area (Å²) < 4.78 is 27.7. The minimum absolute atomic E-state index is 0.00659. The molecule has 24 heavy (non-hydrogen) atoms. The first-order valence-electron chi connectivity index (χ1n) is 9.15. The van der Waals surface area contributed by atoms with Gasteiger partial charge in [0.15, 0.2) is 0 Å². The van der Waals surface area contributed by atoms with E-state index in [-0.39, 0.29) is 17.6 Å². The average Bonchev–Trinajstić information content (AvgIpc) is 2.56. The lowest BCUT2D eigenvalue weighted by molar-refractivity contribution is -0.127. The molecule has 1 aliphatic carbocycles. The zero-order chi connectivity index (χ0) is 17.7. The van der Waals surface area contributed by atoms with Crippen molar-refractivity contribution in [1.29, 1.82) is 0 Å². The Labute approximate surface area is 144 Å². The molecule has 0 bridgehead atoms. The minimum atomic E-state index is -0.653. The highest BCUT2D eigenvalue weighted by Crippen LogP contribution is 2.35. The van der Waals surface area contributed by atoms with Crippen molar-refractivity contribution in [1.82, 2.24) is 0 Å². The highest BCUT2D eigenvalue weighted by atomic mass is 19.1. The van der Waals surface area contributed by atoms with Crippen molar-refractivity contribution in [2.75, 3.05) is 4.90 Å². The molecular formula is C20H29F2NO. The molecule has 0 N–H and O–H groups in total. The van der Waals surface area contributed by atoms with Crippen molar-refractivity contribution in [3.05, 3.63) is 29.8 Å². The summed E-state index contributed by atoms with van der Waals surface area (Å²) in [7, 11) is 0. The molecule has 0 aromatic heterocycles. The molecule has 4 heteroatoms. The van der Waals surface area contributed by atoms with Crippen LogP contribution in [-0.4, -0.2) is 11.9 Å². The van der Waals surface area contributed by atoms with Crippen molar-refractivity contribution in [3.8, 4) is 0 Å². The number of carbonyl (C=O) groups is 1. The minimum Gasteiger partial charge on any atom is -0.306 e. The summed E-state index contributed by atoms with van der Waals surface area (Å²) in [6.07, 6.45) is 7.77. The molecule has 0 aliphatic heterocycles. The van der Waals surface area contributed by atoms with E-state index >= 15 is 0 Å². The van der Waals surface area contributed by atoms with E-state index in [1.165, 1.54) is 12.1 Å². The largest absolute Gasteiger partial charge is 0.306 e. The number of rotatable bonds is 6. The number of benzene rings is 1. The zero-order valence-electron chi connectivity index (χ0n) is 15.1. The molecule has 1 aromatic carbocycles. The summed E-state index contributed by atoms with van der Waals surface area (Å²) in [4.78, 5) is 14.9. The van der Waals surface area contributed by atoms with Crippen LogP contribution < -0.4 is 4.90 Å². The fourth-order valence-corrected chi connectivity index (χ4v) is 3.54. The normalized spacial score (nSPS) is 16.2. The Morgan fingerprint density at radius 2 is 1.88 bits per heavy atom. The maximum absolute atomic E-state index is 14.4. The standard InChI is InChI=1S/C20H29F2NO/c1-4-5-13-20(2,3)19(24)23(16-9-7-6-8-10-16)18-12-11-15(21)14-17(18)22/h11-12,14,16H,4-10,13H2,1-3H3. The topological polar surface area (TPSA) is 20.3 Å². The van der Waals surface area contributed by atoms with E-state index < -0.39 is 17.0 Å². The molecule has 0 heterocycles. The number of anilines is 1. The van der Waals surface area contributed by atoms with Gasteiger partial charge in [-0.1, -0.05) is 52.9 Å². The summed E-state index contributed by atoms with van der Waals surface area (Å²) in [5.41, 5.74) is -0.327. The van der Waals surface area contributed by atoms with Gasteiger partial charge in [-0.2, -0.15) is 0 Å². The molecule has 0 saturated heterocycles. The maximum Gasteiger partial charge on any atom is 0.232 e. The van der Waals surface area contributed by atoms with E-state index in [4.69, 9.17) is 0 Å². The molecule has 0 atom stereocenters. The summed E-state index contributed by atoms with van der Waals surface area (Å²) >= 11 is 0. The molecule has 0 radical (unpaired) electrons. The summed E-state index contributed by atoms with van der Waals surface area (Å²) in [5.74, 6) is -1.31. The molecule has 1 saturated carbocycles. The van der Waals surface area contributed by atoms with Crippen LogP contribution in [0.5, 0.6) is 0 Å². The van der Waals surface area contributed by atoms with Crippen LogP contribution in [0.3, 0.4) is 0 Å².